The van der Waals surface area contributed by atoms with Crippen LogP contribution in [0, 0.1) is 6.92 Å². The fourth-order valence-electron chi connectivity index (χ4n) is 3.24. The van der Waals surface area contributed by atoms with Crippen molar-refractivity contribution in [1.29, 1.82) is 0 Å². The lowest BCUT2D eigenvalue weighted by Gasteiger charge is -2.37. The number of carbonyl (C=O) groups excluding carboxylic acids is 1. The lowest BCUT2D eigenvalue weighted by atomic mass is 9.67. The molecule has 1 fully saturated rings. The van der Waals surface area contributed by atoms with Gasteiger partial charge in [0.25, 0.3) is 0 Å². The van der Waals surface area contributed by atoms with Crippen LogP contribution >= 0.6 is 12.4 Å². The summed E-state index contributed by atoms with van der Waals surface area (Å²) >= 11 is 0. The van der Waals surface area contributed by atoms with Crippen LogP contribution in [0.15, 0.2) is 24.3 Å². The Balaban J connectivity index is 0.00000200. The van der Waals surface area contributed by atoms with Gasteiger partial charge in [0.15, 0.2) is 0 Å². The van der Waals surface area contributed by atoms with Gasteiger partial charge in [-0.3, -0.25) is 4.79 Å². The summed E-state index contributed by atoms with van der Waals surface area (Å²) in [5.74, 6) is 0.159. The van der Waals surface area contributed by atoms with Crippen LogP contribution in [-0.4, -0.2) is 19.0 Å². The highest BCUT2D eigenvalue weighted by Crippen LogP contribution is 2.41. The zero-order chi connectivity index (χ0) is 13.7. The van der Waals surface area contributed by atoms with Gasteiger partial charge in [-0.2, -0.15) is 0 Å². The van der Waals surface area contributed by atoms with Crippen LogP contribution in [-0.2, 0) is 10.2 Å². The molecule has 0 unspecified atom stereocenters. The van der Waals surface area contributed by atoms with Crippen LogP contribution < -0.4 is 11.1 Å². The van der Waals surface area contributed by atoms with Gasteiger partial charge in [0.2, 0.25) is 5.91 Å². The van der Waals surface area contributed by atoms with E-state index in [0.29, 0.717) is 13.1 Å². The van der Waals surface area contributed by atoms with Crippen molar-refractivity contribution < 1.29 is 4.79 Å². The second-order valence-corrected chi connectivity index (χ2v) is 5.50. The second kappa shape index (κ2) is 7.65. The van der Waals surface area contributed by atoms with Crippen molar-refractivity contribution in [2.75, 3.05) is 13.1 Å². The normalized spacial score (nSPS) is 17.1. The van der Waals surface area contributed by atoms with Crippen LogP contribution in [0.1, 0.15) is 43.2 Å². The smallest absolute Gasteiger partial charge is 0.230 e. The van der Waals surface area contributed by atoms with Crippen LogP contribution in [0.25, 0.3) is 0 Å². The Morgan fingerprint density at radius 2 is 1.90 bits per heavy atom. The monoisotopic (exact) mass is 296 g/mol. The second-order valence-electron chi connectivity index (χ2n) is 5.50. The molecule has 0 bridgehead atoms. The number of amides is 1. The van der Waals surface area contributed by atoms with Gasteiger partial charge >= 0.3 is 0 Å². The number of nitrogens with one attached hydrogen (secondary N) is 1. The summed E-state index contributed by atoms with van der Waals surface area (Å²) in [4.78, 5) is 12.7. The number of nitrogens with two attached hydrogens (primary N) is 1. The molecular formula is C16H25ClN2O. The Bertz CT molecular complexity index is 442. The van der Waals surface area contributed by atoms with Crippen molar-refractivity contribution in [2.24, 2.45) is 5.73 Å². The van der Waals surface area contributed by atoms with Gasteiger partial charge in [0.1, 0.15) is 0 Å². The molecule has 1 aliphatic carbocycles. The van der Waals surface area contributed by atoms with Crippen molar-refractivity contribution in [3.05, 3.63) is 35.4 Å². The molecule has 0 saturated heterocycles. The van der Waals surface area contributed by atoms with Gasteiger partial charge in [-0.25, -0.2) is 0 Å². The molecule has 4 heteroatoms. The first-order valence-corrected chi connectivity index (χ1v) is 7.25. The van der Waals surface area contributed by atoms with E-state index in [9.17, 15) is 4.79 Å². The van der Waals surface area contributed by atoms with Gasteiger partial charge in [0, 0.05) is 13.1 Å². The van der Waals surface area contributed by atoms with Crippen molar-refractivity contribution in [3.63, 3.8) is 0 Å². The van der Waals surface area contributed by atoms with Gasteiger partial charge in [-0.1, -0.05) is 43.5 Å². The van der Waals surface area contributed by atoms with E-state index in [-0.39, 0.29) is 23.7 Å². The molecule has 1 aliphatic rings. The van der Waals surface area contributed by atoms with Crippen molar-refractivity contribution in [1.82, 2.24) is 5.32 Å². The maximum atomic E-state index is 12.7. The topological polar surface area (TPSA) is 55.1 Å². The average molecular weight is 297 g/mol. The van der Waals surface area contributed by atoms with E-state index >= 15 is 0 Å². The Morgan fingerprint density at radius 3 is 2.50 bits per heavy atom. The highest BCUT2D eigenvalue weighted by Gasteiger charge is 2.41. The number of benzene rings is 1. The largest absolute Gasteiger partial charge is 0.354 e. The van der Waals surface area contributed by atoms with Gasteiger partial charge in [0.05, 0.1) is 5.41 Å². The van der Waals surface area contributed by atoms with Crippen molar-refractivity contribution >= 4 is 18.3 Å². The Kier molecular flexibility index (Phi) is 6.50. The number of carbonyl (C=O) groups is 1. The van der Waals surface area contributed by atoms with E-state index in [1.165, 1.54) is 17.5 Å². The third-order valence-corrected chi connectivity index (χ3v) is 4.23. The van der Waals surface area contributed by atoms with Crippen molar-refractivity contribution in [3.8, 4) is 0 Å². The molecule has 1 aromatic carbocycles. The van der Waals surface area contributed by atoms with E-state index in [1.54, 1.807) is 0 Å². The molecule has 0 atom stereocenters. The zero-order valence-corrected chi connectivity index (χ0v) is 13.0. The van der Waals surface area contributed by atoms with Crippen LogP contribution in [0.2, 0.25) is 0 Å². The number of halogens is 1. The van der Waals surface area contributed by atoms with Crippen LogP contribution in [0.4, 0.5) is 0 Å². The molecule has 1 amide bonds. The standard InChI is InChI=1S/C16H24N2O.ClH/c1-13-7-3-4-8-14(13)16(9-5-2-6-10-16)15(19)18-12-11-17;/h3-4,7-8H,2,5-6,9-12,17H2,1H3,(H,18,19);1H. The molecule has 0 radical (unpaired) electrons. The molecule has 3 N–H and O–H groups in total. The molecule has 2 rings (SSSR count). The Morgan fingerprint density at radius 1 is 1.25 bits per heavy atom. The quantitative estimate of drug-likeness (QED) is 0.897. The first-order chi connectivity index (χ1) is 9.20. The van der Waals surface area contributed by atoms with E-state index in [4.69, 9.17) is 5.73 Å². The maximum absolute atomic E-state index is 12.7. The molecular weight excluding hydrogens is 272 g/mol. The summed E-state index contributed by atoms with van der Waals surface area (Å²) in [7, 11) is 0. The Labute approximate surface area is 127 Å². The van der Waals surface area contributed by atoms with Gasteiger partial charge in [-0.05, 0) is 30.9 Å². The summed E-state index contributed by atoms with van der Waals surface area (Å²) in [6, 6.07) is 8.28. The summed E-state index contributed by atoms with van der Waals surface area (Å²) in [5, 5.41) is 3.00. The lowest BCUT2D eigenvalue weighted by molar-refractivity contribution is -0.128. The third-order valence-electron chi connectivity index (χ3n) is 4.23. The highest BCUT2D eigenvalue weighted by molar-refractivity contribution is 5.88. The minimum absolute atomic E-state index is 0. The first kappa shape index (κ1) is 17.0. The first-order valence-electron chi connectivity index (χ1n) is 7.25. The van der Waals surface area contributed by atoms with E-state index in [2.05, 4.69) is 24.4 Å². The molecule has 1 saturated carbocycles. The number of rotatable bonds is 4. The molecule has 0 spiro atoms. The van der Waals surface area contributed by atoms with Gasteiger partial charge in [-0.15, -0.1) is 12.4 Å². The summed E-state index contributed by atoms with van der Waals surface area (Å²) in [6.45, 7) is 3.16. The molecule has 112 valence electrons. The predicted octanol–water partition coefficient (Wildman–Crippen LogP) is 2.69. The average Bonchev–Trinajstić information content (AvgIpc) is 2.46. The minimum atomic E-state index is -0.335. The summed E-state index contributed by atoms with van der Waals surface area (Å²) in [5.41, 5.74) is 7.58. The highest BCUT2D eigenvalue weighted by atomic mass is 35.5. The molecule has 0 heterocycles. The lowest BCUT2D eigenvalue weighted by Crippen LogP contribution is -2.47. The third kappa shape index (κ3) is 3.33. The molecule has 0 aromatic heterocycles. The molecule has 0 aliphatic heterocycles. The summed E-state index contributed by atoms with van der Waals surface area (Å²) in [6.07, 6.45) is 5.40. The van der Waals surface area contributed by atoms with E-state index in [1.807, 2.05) is 12.1 Å². The number of aryl methyl sites for hydroxylation is 1. The van der Waals surface area contributed by atoms with Gasteiger partial charge < -0.3 is 11.1 Å². The number of hydrogen-bond donors (Lipinski definition) is 2. The SMILES string of the molecule is Cc1ccccc1C1(C(=O)NCCN)CCCCC1.Cl. The van der Waals surface area contributed by atoms with E-state index in [0.717, 1.165) is 25.7 Å². The van der Waals surface area contributed by atoms with Crippen LogP contribution in [0.3, 0.4) is 0 Å². The Hall–Kier alpha value is -1.06. The number of hydrogen-bond acceptors (Lipinski definition) is 2. The maximum Gasteiger partial charge on any atom is 0.230 e. The molecule has 20 heavy (non-hydrogen) atoms. The predicted molar refractivity (Wildman–Crippen MR) is 85.3 cm³/mol. The minimum Gasteiger partial charge on any atom is -0.354 e. The van der Waals surface area contributed by atoms with Crippen LogP contribution in [0.5, 0.6) is 0 Å². The van der Waals surface area contributed by atoms with E-state index < -0.39 is 0 Å². The fraction of sp³-hybridized carbons (Fsp3) is 0.562. The summed E-state index contributed by atoms with van der Waals surface area (Å²) < 4.78 is 0. The molecule has 3 nitrogen and oxygen atoms in total. The molecule has 1 aromatic rings. The zero-order valence-electron chi connectivity index (χ0n) is 12.2. The van der Waals surface area contributed by atoms with Crippen molar-refractivity contribution in [2.45, 2.75) is 44.4 Å². The fourth-order valence-corrected chi connectivity index (χ4v) is 3.24.